The Bertz CT molecular complexity index is 605. The van der Waals surface area contributed by atoms with Crippen LogP contribution in [0.3, 0.4) is 0 Å². The molecule has 6 nitrogen and oxygen atoms in total. The summed E-state index contributed by atoms with van der Waals surface area (Å²) in [6.45, 7) is 1.96. The molecule has 3 rings (SSSR count). The number of hydrogen-bond acceptors (Lipinski definition) is 3. The second-order valence-corrected chi connectivity index (χ2v) is 10.4. The van der Waals surface area contributed by atoms with Gasteiger partial charge >= 0.3 is 0 Å². The molecule has 6 heteroatoms. The lowest BCUT2D eigenvalue weighted by Crippen LogP contribution is -2.49. The molecule has 0 saturated heterocycles. The van der Waals surface area contributed by atoms with Crippen molar-refractivity contribution in [2.45, 2.75) is 134 Å². The van der Waals surface area contributed by atoms with E-state index in [1.165, 1.54) is 19.3 Å². The minimum Gasteiger partial charge on any atom is -0.353 e. The van der Waals surface area contributed by atoms with Gasteiger partial charge in [-0.05, 0) is 44.9 Å². The van der Waals surface area contributed by atoms with Crippen molar-refractivity contribution in [1.29, 1.82) is 0 Å². The molecule has 3 aliphatic carbocycles. The van der Waals surface area contributed by atoms with Gasteiger partial charge in [-0.1, -0.05) is 64.7 Å². The van der Waals surface area contributed by atoms with Gasteiger partial charge in [-0.25, -0.2) is 0 Å². The molecule has 3 amide bonds. The molecule has 3 N–H and O–H groups in total. The number of carbonyl (C=O) groups excluding carboxylic acids is 3. The zero-order valence-corrected chi connectivity index (χ0v) is 20.1. The molecule has 3 aliphatic rings. The number of rotatable bonds is 9. The van der Waals surface area contributed by atoms with Crippen LogP contribution in [0.5, 0.6) is 0 Å². The Morgan fingerprint density at radius 1 is 0.594 bits per heavy atom. The first-order valence-corrected chi connectivity index (χ1v) is 13.5. The first-order valence-electron chi connectivity index (χ1n) is 13.5. The highest BCUT2D eigenvalue weighted by atomic mass is 16.2. The van der Waals surface area contributed by atoms with Crippen molar-refractivity contribution in [3.05, 3.63) is 0 Å². The molecule has 0 heterocycles. The molecule has 0 aliphatic heterocycles. The standard InChI is InChI=1S/C26H45N3O3/c1-2-22(25(31)28-20-14-8-4-9-15-20)23(26(32)29-21-16-10-5-11-17-21)18-24(30)27-19-12-6-3-7-13-19/h19-23H,2-18H2,1H3,(H,27,30)(H,28,31)(H,29,32). The van der Waals surface area contributed by atoms with Gasteiger partial charge < -0.3 is 16.0 Å². The first kappa shape index (κ1) is 25.0. The minimum absolute atomic E-state index is 0.0475. The van der Waals surface area contributed by atoms with Crippen LogP contribution in [0, 0.1) is 11.8 Å². The second-order valence-electron chi connectivity index (χ2n) is 10.4. The maximum atomic E-state index is 13.4. The number of amides is 3. The third kappa shape index (κ3) is 7.77. The third-order valence-corrected chi connectivity index (χ3v) is 7.88. The minimum atomic E-state index is -0.603. The Kier molecular flexibility index (Phi) is 10.3. The van der Waals surface area contributed by atoms with Crippen LogP contribution in [-0.2, 0) is 14.4 Å². The van der Waals surface area contributed by atoms with Gasteiger partial charge in [-0.2, -0.15) is 0 Å². The fraction of sp³-hybridized carbons (Fsp3) is 0.885. The topological polar surface area (TPSA) is 87.3 Å². The number of carbonyl (C=O) groups is 3. The fourth-order valence-electron chi connectivity index (χ4n) is 5.91. The Hall–Kier alpha value is -1.59. The monoisotopic (exact) mass is 447 g/mol. The Morgan fingerprint density at radius 3 is 1.38 bits per heavy atom. The Morgan fingerprint density at radius 2 is 0.969 bits per heavy atom. The van der Waals surface area contributed by atoms with E-state index in [4.69, 9.17) is 0 Å². The highest BCUT2D eigenvalue weighted by Gasteiger charge is 2.36. The number of nitrogens with one attached hydrogen (secondary N) is 3. The molecular weight excluding hydrogens is 402 g/mol. The maximum Gasteiger partial charge on any atom is 0.224 e. The van der Waals surface area contributed by atoms with Gasteiger partial charge in [0.1, 0.15) is 0 Å². The molecule has 3 saturated carbocycles. The van der Waals surface area contributed by atoms with E-state index in [1.54, 1.807) is 0 Å². The molecule has 3 fully saturated rings. The van der Waals surface area contributed by atoms with Crippen LogP contribution in [0.4, 0.5) is 0 Å². The van der Waals surface area contributed by atoms with E-state index in [2.05, 4.69) is 16.0 Å². The SMILES string of the molecule is CCC(C(=O)NC1CCCCC1)C(CC(=O)NC1CCCCC1)C(=O)NC1CCCCC1. The molecular formula is C26H45N3O3. The normalized spacial score (nSPS) is 23.2. The number of hydrogen-bond donors (Lipinski definition) is 3. The van der Waals surface area contributed by atoms with Crippen LogP contribution in [-0.4, -0.2) is 35.8 Å². The summed E-state index contributed by atoms with van der Waals surface area (Å²) in [5.41, 5.74) is 0. The van der Waals surface area contributed by atoms with E-state index in [0.29, 0.717) is 6.42 Å². The highest BCUT2D eigenvalue weighted by molar-refractivity contribution is 5.91. The maximum absolute atomic E-state index is 13.4. The predicted octanol–water partition coefficient (Wildman–Crippen LogP) is 4.37. The molecule has 182 valence electrons. The molecule has 0 bridgehead atoms. The van der Waals surface area contributed by atoms with Gasteiger partial charge in [0, 0.05) is 30.5 Å². The summed E-state index contributed by atoms with van der Waals surface area (Å²) in [5.74, 6) is -1.30. The molecule has 0 radical (unpaired) electrons. The van der Waals surface area contributed by atoms with Crippen LogP contribution < -0.4 is 16.0 Å². The molecule has 0 aromatic heterocycles. The molecule has 2 unspecified atom stereocenters. The van der Waals surface area contributed by atoms with E-state index in [1.807, 2.05) is 6.92 Å². The summed E-state index contributed by atoms with van der Waals surface area (Å²) >= 11 is 0. The van der Waals surface area contributed by atoms with Gasteiger partial charge in [0.15, 0.2) is 0 Å². The largest absolute Gasteiger partial charge is 0.353 e. The zero-order valence-electron chi connectivity index (χ0n) is 20.1. The lowest BCUT2D eigenvalue weighted by Gasteiger charge is -2.31. The summed E-state index contributed by atoms with van der Waals surface area (Å²) in [4.78, 5) is 39.5. The summed E-state index contributed by atoms with van der Waals surface area (Å²) in [6, 6.07) is 0.608. The van der Waals surface area contributed by atoms with Crippen molar-refractivity contribution in [3.8, 4) is 0 Å². The average molecular weight is 448 g/mol. The summed E-state index contributed by atoms with van der Waals surface area (Å²) in [5, 5.41) is 9.57. The lowest BCUT2D eigenvalue weighted by molar-refractivity contribution is -0.138. The first-order chi connectivity index (χ1) is 15.6. The third-order valence-electron chi connectivity index (χ3n) is 7.88. The predicted molar refractivity (Wildman–Crippen MR) is 127 cm³/mol. The van der Waals surface area contributed by atoms with Gasteiger partial charge in [-0.3, -0.25) is 14.4 Å². The average Bonchev–Trinajstić information content (AvgIpc) is 2.81. The quantitative estimate of drug-likeness (QED) is 0.491. The summed E-state index contributed by atoms with van der Waals surface area (Å²) in [7, 11) is 0. The van der Waals surface area contributed by atoms with Gasteiger partial charge in [0.05, 0.1) is 5.92 Å². The molecule has 0 spiro atoms. The van der Waals surface area contributed by atoms with Crippen molar-refractivity contribution < 1.29 is 14.4 Å². The molecule has 0 aromatic rings. The molecule has 32 heavy (non-hydrogen) atoms. The fourth-order valence-corrected chi connectivity index (χ4v) is 5.91. The van der Waals surface area contributed by atoms with Crippen LogP contribution >= 0.6 is 0 Å². The highest BCUT2D eigenvalue weighted by Crippen LogP contribution is 2.26. The molecule has 0 aromatic carbocycles. The van der Waals surface area contributed by atoms with Gasteiger partial charge in [-0.15, -0.1) is 0 Å². The van der Waals surface area contributed by atoms with Crippen molar-refractivity contribution >= 4 is 17.7 Å². The van der Waals surface area contributed by atoms with Crippen molar-refractivity contribution in [2.75, 3.05) is 0 Å². The van der Waals surface area contributed by atoms with Crippen LogP contribution in [0.1, 0.15) is 116 Å². The van der Waals surface area contributed by atoms with E-state index in [9.17, 15) is 14.4 Å². The van der Waals surface area contributed by atoms with E-state index in [-0.39, 0.29) is 42.3 Å². The Labute approximate surface area is 194 Å². The van der Waals surface area contributed by atoms with Crippen molar-refractivity contribution in [3.63, 3.8) is 0 Å². The van der Waals surface area contributed by atoms with Crippen LogP contribution in [0.15, 0.2) is 0 Å². The van der Waals surface area contributed by atoms with E-state index in [0.717, 1.165) is 77.0 Å². The van der Waals surface area contributed by atoms with E-state index >= 15 is 0 Å². The van der Waals surface area contributed by atoms with Crippen molar-refractivity contribution in [1.82, 2.24) is 16.0 Å². The van der Waals surface area contributed by atoms with Crippen LogP contribution in [0.2, 0.25) is 0 Å². The lowest BCUT2D eigenvalue weighted by atomic mass is 9.83. The smallest absolute Gasteiger partial charge is 0.224 e. The van der Waals surface area contributed by atoms with Crippen molar-refractivity contribution in [2.24, 2.45) is 11.8 Å². The van der Waals surface area contributed by atoms with E-state index < -0.39 is 11.8 Å². The summed E-state index contributed by atoms with van der Waals surface area (Å²) < 4.78 is 0. The molecule has 2 atom stereocenters. The zero-order chi connectivity index (χ0) is 22.8. The van der Waals surface area contributed by atoms with Crippen LogP contribution in [0.25, 0.3) is 0 Å². The summed E-state index contributed by atoms with van der Waals surface area (Å²) in [6.07, 6.45) is 17.3. The van der Waals surface area contributed by atoms with Gasteiger partial charge in [0.2, 0.25) is 17.7 Å². The Balaban J connectivity index is 1.65. The second kappa shape index (κ2) is 13.2. The van der Waals surface area contributed by atoms with Gasteiger partial charge in [0.25, 0.3) is 0 Å².